The third kappa shape index (κ3) is 3.84. The number of aryl methyl sites for hydroxylation is 2. The van der Waals surface area contributed by atoms with Crippen LogP contribution in [0.15, 0.2) is 24.3 Å². The summed E-state index contributed by atoms with van der Waals surface area (Å²) in [5, 5.41) is 12.3. The molecule has 2 rings (SSSR count). The molecule has 0 aliphatic heterocycles. The predicted octanol–water partition coefficient (Wildman–Crippen LogP) is 2.86. The third-order valence-electron chi connectivity index (χ3n) is 3.23. The van der Waals surface area contributed by atoms with E-state index in [1.807, 2.05) is 26.0 Å². The van der Waals surface area contributed by atoms with Crippen molar-refractivity contribution < 1.29 is 4.74 Å². The molecule has 0 aromatic heterocycles. The van der Waals surface area contributed by atoms with Gasteiger partial charge in [-0.15, -0.1) is 0 Å². The van der Waals surface area contributed by atoms with Crippen LogP contribution in [0.5, 0.6) is 5.75 Å². The number of nitrogens with zero attached hydrogens (tertiary/aromatic N) is 1. The molecule has 1 aromatic rings. The standard InChI is InChI=1S/C16H20N2O/c1-11(9-18-15-4-5-15)10-19-16-12(2)6-14(8-17)7-13(16)3/h6-7,15,18H,1,4-5,9-10H2,2-3H3. The van der Waals surface area contributed by atoms with Crippen molar-refractivity contribution in [2.24, 2.45) is 0 Å². The first-order valence-corrected chi connectivity index (χ1v) is 6.64. The zero-order valence-electron chi connectivity index (χ0n) is 11.6. The van der Waals surface area contributed by atoms with E-state index in [1.54, 1.807) is 0 Å². The summed E-state index contributed by atoms with van der Waals surface area (Å²) in [7, 11) is 0. The molecule has 3 heteroatoms. The molecule has 0 bridgehead atoms. The smallest absolute Gasteiger partial charge is 0.125 e. The van der Waals surface area contributed by atoms with Gasteiger partial charge < -0.3 is 10.1 Å². The van der Waals surface area contributed by atoms with Crippen molar-refractivity contribution in [1.82, 2.24) is 5.32 Å². The molecule has 3 nitrogen and oxygen atoms in total. The topological polar surface area (TPSA) is 45.0 Å². The molecule has 1 N–H and O–H groups in total. The Morgan fingerprint density at radius 1 is 1.42 bits per heavy atom. The highest BCUT2D eigenvalue weighted by molar-refractivity contribution is 5.47. The summed E-state index contributed by atoms with van der Waals surface area (Å²) in [6.45, 7) is 9.30. The van der Waals surface area contributed by atoms with Gasteiger partial charge in [-0.3, -0.25) is 0 Å². The third-order valence-corrected chi connectivity index (χ3v) is 3.23. The minimum absolute atomic E-state index is 0.521. The van der Waals surface area contributed by atoms with Gasteiger partial charge in [0.25, 0.3) is 0 Å². The van der Waals surface area contributed by atoms with Crippen LogP contribution in [0.3, 0.4) is 0 Å². The Bertz CT molecular complexity index is 501. The second-order valence-corrected chi connectivity index (χ2v) is 5.24. The van der Waals surface area contributed by atoms with Gasteiger partial charge in [-0.2, -0.15) is 5.26 Å². The van der Waals surface area contributed by atoms with Gasteiger partial charge in [-0.1, -0.05) is 6.58 Å². The molecule has 1 aliphatic rings. The van der Waals surface area contributed by atoms with Crippen LogP contribution in [-0.4, -0.2) is 19.2 Å². The van der Waals surface area contributed by atoms with Crippen LogP contribution in [-0.2, 0) is 0 Å². The molecule has 0 atom stereocenters. The Kier molecular flexibility index (Phi) is 4.24. The molecule has 0 amide bonds. The van der Waals surface area contributed by atoms with Gasteiger partial charge in [-0.25, -0.2) is 0 Å². The van der Waals surface area contributed by atoms with E-state index >= 15 is 0 Å². The van der Waals surface area contributed by atoms with E-state index in [0.29, 0.717) is 18.2 Å². The SMILES string of the molecule is C=C(CNC1CC1)COc1c(C)cc(C#N)cc1C. The van der Waals surface area contributed by atoms with Crippen LogP contribution in [0.2, 0.25) is 0 Å². The minimum Gasteiger partial charge on any atom is -0.489 e. The number of ether oxygens (including phenoxy) is 1. The average Bonchev–Trinajstić information content (AvgIpc) is 3.19. The van der Waals surface area contributed by atoms with Crippen LogP contribution in [0, 0.1) is 25.2 Å². The van der Waals surface area contributed by atoms with Crippen LogP contribution >= 0.6 is 0 Å². The summed E-state index contributed by atoms with van der Waals surface area (Å²) < 4.78 is 5.83. The van der Waals surface area contributed by atoms with E-state index in [2.05, 4.69) is 18.0 Å². The summed E-state index contributed by atoms with van der Waals surface area (Å²) in [6.07, 6.45) is 2.56. The normalized spacial score (nSPS) is 13.9. The first-order chi connectivity index (χ1) is 9.10. The molecule has 19 heavy (non-hydrogen) atoms. The Morgan fingerprint density at radius 2 is 2.05 bits per heavy atom. The number of hydrogen-bond acceptors (Lipinski definition) is 3. The number of benzene rings is 1. The molecule has 1 fully saturated rings. The largest absolute Gasteiger partial charge is 0.489 e. The van der Waals surface area contributed by atoms with Crippen molar-refractivity contribution in [3.8, 4) is 11.8 Å². The summed E-state index contributed by atoms with van der Waals surface area (Å²) in [5.74, 6) is 0.867. The van der Waals surface area contributed by atoms with E-state index in [-0.39, 0.29) is 0 Å². The highest BCUT2D eigenvalue weighted by atomic mass is 16.5. The lowest BCUT2D eigenvalue weighted by molar-refractivity contribution is 0.343. The van der Waals surface area contributed by atoms with E-state index in [4.69, 9.17) is 10.00 Å². The average molecular weight is 256 g/mol. The first kappa shape index (κ1) is 13.6. The lowest BCUT2D eigenvalue weighted by Crippen LogP contribution is -2.21. The van der Waals surface area contributed by atoms with Gasteiger partial charge >= 0.3 is 0 Å². The highest BCUT2D eigenvalue weighted by Crippen LogP contribution is 2.25. The second-order valence-electron chi connectivity index (χ2n) is 5.24. The van der Waals surface area contributed by atoms with Crippen molar-refractivity contribution in [3.05, 3.63) is 41.0 Å². The number of rotatable bonds is 6. The Labute approximate surface area is 114 Å². The van der Waals surface area contributed by atoms with Crippen LogP contribution in [0.4, 0.5) is 0 Å². The monoisotopic (exact) mass is 256 g/mol. The lowest BCUT2D eigenvalue weighted by atomic mass is 10.1. The molecule has 1 saturated carbocycles. The lowest BCUT2D eigenvalue weighted by Gasteiger charge is -2.14. The van der Waals surface area contributed by atoms with Crippen molar-refractivity contribution in [2.75, 3.05) is 13.2 Å². The molecule has 0 heterocycles. The second kappa shape index (κ2) is 5.90. The van der Waals surface area contributed by atoms with Gasteiger partial charge in [0.15, 0.2) is 0 Å². The Morgan fingerprint density at radius 3 is 2.58 bits per heavy atom. The molecular formula is C16H20N2O. The molecular weight excluding hydrogens is 236 g/mol. The van der Waals surface area contributed by atoms with Crippen LogP contribution < -0.4 is 10.1 Å². The summed E-state index contributed by atoms with van der Waals surface area (Å²) >= 11 is 0. The van der Waals surface area contributed by atoms with E-state index in [9.17, 15) is 0 Å². The van der Waals surface area contributed by atoms with Crippen molar-refractivity contribution >= 4 is 0 Å². The minimum atomic E-state index is 0.521. The van der Waals surface area contributed by atoms with Gasteiger partial charge in [0, 0.05) is 12.6 Å². The van der Waals surface area contributed by atoms with Crippen molar-refractivity contribution in [1.29, 1.82) is 5.26 Å². The Hall–Kier alpha value is -1.79. The summed E-state index contributed by atoms with van der Waals surface area (Å²) in [4.78, 5) is 0. The Balaban J connectivity index is 1.91. The van der Waals surface area contributed by atoms with Crippen molar-refractivity contribution in [2.45, 2.75) is 32.7 Å². The molecule has 0 saturated heterocycles. The van der Waals surface area contributed by atoms with Gasteiger partial charge in [-0.05, 0) is 55.5 Å². The molecule has 1 aliphatic carbocycles. The van der Waals surface area contributed by atoms with Crippen molar-refractivity contribution in [3.63, 3.8) is 0 Å². The van der Waals surface area contributed by atoms with E-state index in [0.717, 1.165) is 29.0 Å². The predicted molar refractivity (Wildman–Crippen MR) is 76.3 cm³/mol. The fourth-order valence-corrected chi connectivity index (χ4v) is 2.04. The molecule has 0 spiro atoms. The summed E-state index contributed by atoms with van der Waals surface area (Å²) in [5.41, 5.74) is 3.73. The number of hydrogen-bond donors (Lipinski definition) is 1. The van der Waals surface area contributed by atoms with Crippen LogP contribution in [0.1, 0.15) is 29.5 Å². The summed E-state index contributed by atoms with van der Waals surface area (Å²) in [6, 6.07) is 6.56. The quantitative estimate of drug-likeness (QED) is 0.796. The molecule has 1 aromatic carbocycles. The molecule has 100 valence electrons. The van der Waals surface area contributed by atoms with Gasteiger partial charge in [0.05, 0.1) is 11.6 Å². The maximum absolute atomic E-state index is 8.91. The zero-order chi connectivity index (χ0) is 13.8. The van der Waals surface area contributed by atoms with E-state index in [1.165, 1.54) is 12.8 Å². The van der Waals surface area contributed by atoms with Gasteiger partial charge in [0.2, 0.25) is 0 Å². The van der Waals surface area contributed by atoms with Crippen LogP contribution in [0.25, 0.3) is 0 Å². The highest BCUT2D eigenvalue weighted by Gasteiger charge is 2.20. The molecule has 0 radical (unpaired) electrons. The molecule has 0 unspecified atom stereocenters. The number of nitrogens with one attached hydrogen (secondary N) is 1. The maximum atomic E-state index is 8.91. The zero-order valence-corrected chi connectivity index (χ0v) is 11.6. The maximum Gasteiger partial charge on any atom is 0.125 e. The van der Waals surface area contributed by atoms with E-state index < -0.39 is 0 Å². The van der Waals surface area contributed by atoms with Gasteiger partial charge in [0.1, 0.15) is 12.4 Å². The fraction of sp³-hybridized carbons (Fsp3) is 0.438. The fourth-order valence-electron chi connectivity index (χ4n) is 2.04. The first-order valence-electron chi connectivity index (χ1n) is 6.64. The number of nitriles is 1.